The quantitative estimate of drug-likeness (QED) is 0.866. The number of nitrogens with two attached hydrogens (primary N) is 1. The zero-order valence-electron chi connectivity index (χ0n) is 12.1. The van der Waals surface area contributed by atoms with Gasteiger partial charge in [0.2, 0.25) is 0 Å². The molecule has 0 aliphatic carbocycles. The zero-order valence-corrected chi connectivity index (χ0v) is 12.1. The Morgan fingerprint density at radius 2 is 2.00 bits per heavy atom. The fourth-order valence-electron chi connectivity index (χ4n) is 2.01. The maximum Gasteiger partial charge on any atom is 0.257 e. The molecule has 0 saturated heterocycles. The minimum atomic E-state index is -0.00933. The minimum absolute atomic E-state index is 0.00933. The van der Waals surface area contributed by atoms with Crippen LogP contribution in [0.5, 0.6) is 0 Å². The molecule has 106 valence electrons. The number of benzene rings is 1. The van der Waals surface area contributed by atoms with Crippen LogP contribution in [-0.2, 0) is 13.6 Å². The number of anilines is 1. The van der Waals surface area contributed by atoms with Crippen LogP contribution in [-0.4, -0.2) is 26.6 Å². The van der Waals surface area contributed by atoms with Crippen molar-refractivity contribution in [3.8, 4) is 0 Å². The lowest BCUT2D eigenvalue weighted by Gasteiger charge is -2.26. The Bertz CT molecular complexity index is 586. The first-order valence-corrected chi connectivity index (χ1v) is 6.61. The van der Waals surface area contributed by atoms with Gasteiger partial charge in [-0.2, -0.15) is 5.10 Å². The van der Waals surface area contributed by atoms with Gasteiger partial charge in [0.25, 0.3) is 5.91 Å². The fourth-order valence-corrected chi connectivity index (χ4v) is 2.01. The lowest BCUT2D eigenvalue weighted by Crippen LogP contribution is -2.36. The second-order valence-electron chi connectivity index (χ2n) is 5.17. The number of carbonyl (C=O) groups is 1. The highest BCUT2D eigenvalue weighted by atomic mass is 16.2. The summed E-state index contributed by atoms with van der Waals surface area (Å²) in [5.74, 6) is -0.00933. The molecule has 0 radical (unpaired) electrons. The summed E-state index contributed by atoms with van der Waals surface area (Å²) in [6.45, 7) is 4.57. The van der Waals surface area contributed by atoms with E-state index < -0.39 is 0 Å². The summed E-state index contributed by atoms with van der Waals surface area (Å²) in [4.78, 5) is 14.3. The number of hydrogen-bond donors (Lipinski definition) is 1. The maximum atomic E-state index is 12.5. The maximum absolute atomic E-state index is 12.5. The van der Waals surface area contributed by atoms with Gasteiger partial charge in [-0.15, -0.1) is 0 Å². The molecular formula is C15H20N4O. The standard InChI is InChI=1S/C15H20N4O/c1-11(2)19(9-12-4-6-14(16)7-5-12)15(20)13-8-17-18(3)10-13/h4-8,10-11H,9,16H2,1-3H3. The third-order valence-electron chi connectivity index (χ3n) is 3.17. The molecule has 1 aromatic heterocycles. The second-order valence-corrected chi connectivity index (χ2v) is 5.17. The van der Waals surface area contributed by atoms with Crippen molar-refractivity contribution >= 4 is 11.6 Å². The number of nitrogens with zero attached hydrogens (tertiary/aromatic N) is 3. The molecule has 2 N–H and O–H groups in total. The van der Waals surface area contributed by atoms with E-state index in [1.165, 1.54) is 0 Å². The molecule has 0 aliphatic rings. The van der Waals surface area contributed by atoms with Crippen LogP contribution in [0.1, 0.15) is 29.8 Å². The van der Waals surface area contributed by atoms with Gasteiger partial charge in [0.1, 0.15) is 0 Å². The summed E-state index contributed by atoms with van der Waals surface area (Å²) in [6.07, 6.45) is 3.33. The molecule has 0 saturated carbocycles. The lowest BCUT2D eigenvalue weighted by molar-refractivity contribution is 0.0690. The molecule has 0 aliphatic heterocycles. The Kier molecular flexibility index (Phi) is 4.08. The molecule has 0 unspecified atom stereocenters. The first-order chi connectivity index (χ1) is 9.47. The van der Waals surface area contributed by atoms with Crippen molar-refractivity contribution in [2.24, 2.45) is 7.05 Å². The van der Waals surface area contributed by atoms with E-state index >= 15 is 0 Å². The van der Waals surface area contributed by atoms with Crippen LogP contribution in [0.25, 0.3) is 0 Å². The Morgan fingerprint density at radius 1 is 1.35 bits per heavy atom. The Balaban J connectivity index is 2.19. The third-order valence-corrected chi connectivity index (χ3v) is 3.17. The van der Waals surface area contributed by atoms with E-state index in [0.29, 0.717) is 12.1 Å². The van der Waals surface area contributed by atoms with Gasteiger partial charge in [0.15, 0.2) is 0 Å². The van der Waals surface area contributed by atoms with Crippen LogP contribution in [0.15, 0.2) is 36.7 Å². The summed E-state index contributed by atoms with van der Waals surface area (Å²) in [6, 6.07) is 7.70. The molecule has 20 heavy (non-hydrogen) atoms. The number of hydrogen-bond acceptors (Lipinski definition) is 3. The number of carbonyl (C=O) groups excluding carboxylic acids is 1. The number of nitrogen functional groups attached to an aromatic ring is 1. The van der Waals surface area contributed by atoms with E-state index in [1.54, 1.807) is 24.1 Å². The van der Waals surface area contributed by atoms with E-state index in [-0.39, 0.29) is 11.9 Å². The van der Waals surface area contributed by atoms with Crippen LogP contribution in [0, 0.1) is 0 Å². The van der Waals surface area contributed by atoms with Crippen LogP contribution < -0.4 is 5.73 Å². The molecule has 0 fully saturated rings. The van der Waals surface area contributed by atoms with Gasteiger partial charge in [0, 0.05) is 31.5 Å². The first-order valence-electron chi connectivity index (χ1n) is 6.61. The highest BCUT2D eigenvalue weighted by Gasteiger charge is 2.20. The predicted molar refractivity (Wildman–Crippen MR) is 79.1 cm³/mol. The Morgan fingerprint density at radius 3 is 2.50 bits per heavy atom. The van der Waals surface area contributed by atoms with Crippen molar-refractivity contribution in [2.45, 2.75) is 26.4 Å². The van der Waals surface area contributed by atoms with Crippen molar-refractivity contribution in [3.63, 3.8) is 0 Å². The van der Waals surface area contributed by atoms with Crippen molar-refractivity contribution in [1.29, 1.82) is 0 Å². The van der Waals surface area contributed by atoms with Crippen LogP contribution >= 0.6 is 0 Å². The van der Waals surface area contributed by atoms with Crippen LogP contribution in [0.2, 0.25) is 0 Å². The summed E-state index contributed by atoms with van der Waals surface area (Å²) in [5.41, 5.74) is 8.07. The smallest absolute Gasteiger partial charge is 0.257 e. The van der Waals surface area contributed by atoms with E-state index in [2.05, 4.69) is 5.10 Å². The summed E-state index contributed by atoms with van der Waals surface area (Å²) >= 11 is 0. The molecule has 0 bridgehead atoms. The monoisotopic (exact) mass is 272 g/mol. The molecular weight excluding hydrogens is 252 g/mol. The molecule has 0 atom stereocenters. The van der Waals surface area contributed by atoms with Gasteiger partial charge >= 0.3 is 0 Å². The number of rotatable bonds is 4. The molecule has 5 heteroatoms. The van der Waals surface area contributed by atoms with Gasteiger partial charge in [-0.25, -0.2) is 0 Å². The van der Waals surface area contributed by atoms with E-state index in [0.717, 1.165) is 11.3 Å². The van der Waals surface area contributed by atoms with Gasteiger partial charge < -0.3 is 10.6 Å². The molecule has 0 spiro atoms. The zero-order chi connectivity index (χ0) is 14.7. The van der Waals surface area contributed by atoms with Crippen molar-refractivity contribution in [2.75, 3.05) is 5.73 Å². The van der Waals surface area contributed by atoms with E-state index in [4.69, 9.17) is 5.73 Å². The third kappa shape index (κ3) is 3.17. The minimum Gasteiger partial charge on any atom is -0.399 e. The number of amides is 1. The molecule has 1 heterocycles. The Labute approximate surface area is 119 Å². The van der Waals surface area contributed by atoms with Gasteiger partial charge in [-0.3, -0.25) is 9.48 Å². The van der Waals surface area contributed by atoms with Crippen molar-refractivity contribution < 1.29 is 4.79 Å². The van der Waals surface area contributed by atoms with Gasteiger partial charge in [0.05, 0.1) is 11.8 Å². The van der Waals surface area contributed by atoms with Crippen molar-refractivity contribution in [1.82, 2.24) is 14.7 Å². The molecule has 5 nitrogen and oxygen atoms in total. The molecule has 1 aromatic carbocycles. The largest absolute Gasteiger partial charge is 0.399 e. The first kappa shape index (κ1) is 14.1. The predicted octanol–water partition coefficient (Wildman–Crippen LogP) is 2.05. The van der Waals surface area contributed by atoms with Crippen LogP contribution in [0.4, 0.5) is 5.69 Å². The fraction of sp³-hybridized carbons (Fsp3) is 0.333. The summed E-state index contributed by atoms with van der Waals surface area (Å²) in [7, 11) is 1.80. The number of aryl methyl sites for hydroxylation is 1. The number of aromatic nitrogens is 2. The molecule has 2 rings (SSSR count). The van der Waals surface area contributed by atoms with E-state index in [1.807, 2.05) is 43.0 Å². The highest BCUT2D eigenvalue weighted by Crippen LogP contribution is 2.14. The van der Waals surface area contributed by atoms with Gasteiger partial charge in [-0.1, -0.05) is 12.1 Å². The average Bonchev–Trinajstić information content (AvgIpc) is 2.83. The van der Waals surface area contributed by atoms with Gasteiger partial charge in [-0.05, 0) is 31.5 Å². The summed E-state index contributed by atoms with van der Waals surface area (Å²) < 4.78 is 1.63. The molecule has 2 aromatic rings. The second kappa shape index (κ2) is 5.77. The normalized spacial score (nSPS) is 10.8. The Hall–Kier alpha value is -2.30. The average molecular weight is 272 g/mol. The van der Waals surface area contributed by atoms with Crippen molar-refractivity contribution in [3.05, 3.63) is 47.8 Å². The van der Waals surface area contributed by atoms with Crippen LogP contribution in [0.3, 0.4) is 0 Å². The SMILES string of the molecule is CC(C)N(Cc1ccc(N)cc1)C(=O)c1cnn(C)c1. The summed E-state index contributed by atoms with van der Waals surface area (Å²) in [5, 5.41) is 4.05. The van der Waals surface area contributed by atoms with E-state index in [9.17, 15) is 4.79 Å². The highest BCUT2D eigenvalue weighted by molar-refractivity contribution is 5.93. The molecule has 1 amide bonds. The lowest BCUT2D eigenvalue weighted by atomic mass is 10.1. The topological polar surface area (TPSA) is 64.2 Å².